The number of hydrogen-bond donors (Lipinski definition) is 0. The minimum absolute atomic E-state index is 0. The summed E-state index contributed by atoms with van der Waals surface area (Å²) in [6, 6.07) is 9.93. The van der Waals surface area contributed by atoms with E-state index in [2.05, 4.69) is 0 Å². The SMILES string of the molecule is CN(C)CCOC(=O)C1(c2ccccc2)CCOCC1.[Cl-].[H+]. The number of ether oxygens (including phenoxy) is 2. The van der Waals surface area contributed by atoms with Crippen LogP contribution in [0.1, 0.15) is 19.8 Å². The zero-order valence-electron chi connectivity index (χ0n) is 13.7. The van der Waals surface area contributed by atoms with Crippen LogP contribution in [-0.2, 0) is 19.7 Å². The quantitative estimate of drug-likeness (QED) is 0.651. The Morgan fingerprint density at radius 2 is 1.90 bits per heavy atom. The van der Waals surface area contributed by atoms with Crippen LogP contribution in [0.5, 0.6) is 0 Å². The second-order valence-corrected chi connectivity index (χ2v) is 5.50. The number of likely N-dealkylation sites (N-methyl/N-ethyl adjacent to an activating group) is 1. The highest BCUT2D eigenvalue weighted by Gasteiger charge is 2.43. The summed E-state index contributed by atoms with van der Waals surface area (Å²) >= 11 is 0. The number of hydrogen-bond acceptors (Lipinski definition) is 4. The van der Waals surface area contributed by atoms with E-state index in [0.29, 0.717) is 32.7 Å². The molecule has 1 aromatic rings. The molecule has 0 spiro atoms. The van der Waals surface area contributed by atoms with Gasteiger partial charge in [-0.3, -0.25) is 4.79 Å². The van der Waals surface area contributed by atoms with Gasteiger partial charge in [0, 0.05) is 19.8 Å². The van der Waals surface area contributed by atoms with Gasteiger partial charge in [-0.1, -0.05) is 30.3 Å². The fourth-order valence-corrected chi connectivity index (χ4v) is 2.55. The van der Waals surface area contributed by atoms with E-state index >= 15 is 0 Å². The Balaban J connectivity index is 0.00000220. The molecule has 0 saturated carbocycles. The van der Waals surface area contributed by atoms with E-state index < -0.39 is 5.41 Å². The van der Waals surface area contributed by atoms with Crippen LogP contribution in [0.2, 0.25) is 0 Å². The molecule has 1 fully saturated rings. The van der Waals surface area contributed by atoms with E-state index in [1.165, 1.54) is 0 Å². The van der Waals surface area contributed by atoms with Crippen LogP contribution in [0.15, 0.2) is 30.3 Å². The molecule has 1 aliphatic rings. The summed E-state index contributed by atoms with van der Waals surface area (Å²) < 4.78 is 10.9. The third kappa shape index (κ3) is 4.43. The van der Waals surface area contributed by atoms with Gasteiger partial charge in [0.25, 0.3) is 0 Å². The third-order valence-electron chi connectivity index (χ3n) is 3.84. The van der Waals surface area contributed by atoms with E-state index in [0.717, 1.165) is 12.1 Å². The molecule has 0 unspecified atom stereocenters. The van der Waals surface area contributed by atoms with Gasteiger partial charge in [0.15, 0.2) is 0 Å². The first-order valence-corrected chi connectivity index (χ1v) is 7.10. The van der Waals surface area contributed by atoms with E-state index in [1.807, 2.05) is 49.3 Å². The van der Waals surface area contributed by atoms with Crippen molar-refractivity contribution in [2.45, 2.75) is 18.3 Å². The molecule has 0 radical (unpaired) electrons. The van der Waals surface area contributed by atoms with Gasteiger partial charge in [0.1, 0.15) is 6.61 Å². The second-order valence-electron chi connectivity index (χ2n) is 5.50. The first kappa shape index (κ1) is 18.0. The first-order chi connectivity index (χ1) is 9.65. The molecule has 21 heavy (non-hydrogen) atoms. The van der Waals surface area contributed by atoms with Gasteiger partial charge >= 0.3 is 7.40 Å². The summed E-state index contributed by atoms with van der Waals surface area (Å²) in [5.74, 6) is -0.117. The molecule has 0 aromatic heterocycles. The molecule has 4 nitrogen and oxygen atoms in total. The maximum atomic E-state index is 12.6. The maximum absolute atomic E-state index is 12.6. The molecule has 2 rings (SSSR count). The number of halogens is 1. The Kier molecular flexibility index (Phi) is 7.15. The summed E-state index contributed by atoms with van der Waals surface area (Å²) in [4.78, 5) is 14.6. The number of esters is 1. The van der Waals surface area contributed by atoms with E-state index in [1.54, 1.807) is 0 Å². The first-order valence-electron chi connectivity index (χ1n) is 7.10. The minimum atomic E-state index is -0.536. The lowest BCUT2D eigenvalue weighted by molar-refractivity contribution is -0.155. The standard InChI is InChI=1S/C16H23NO3.ClH/c1-17(2)10-13-20-15(18)16(8-11-19-12-9-16)14-6-4-3-5-7-14;/h3-7H,8-13H2,1-2H3;1H. The highest BCUT2D eigenvalue weighted by atomic mass is 35.5. The number of carbonyl (C=O) groups is 1. The van der Waals surface area contributed by atoms with Gasteiger partial charge < -0.3 is 26.8 Å². The van der Waals surface area contributed by atoms with Gasteiger partial charge in [-0.15, -0.1) is 0 Å². The van der Waals surface area contributed by atoms with Crippen LogP contribution in [-0.4, -0.2) is 51.3 Å². The van der Waals surface area contributed by atoms with Crippen molar-refractivity contribution in [2.24, 2.45) is 0 Å². The molecule has 0 bridgehead atoms. The molecule has 1 aromatic carbocycles. The van der Waals surface area contributed by atoms with Crippen LogP contribution >= 0.6 is 0 Å². The molecule has 1 heterocycles. The van der Waals surface area contributed by atoms with Gasteiger partial charge in [0.05, 0.1) is 5.41 Å². The Labute approximate surface area is 134 Å². The Morgan fingerprint density at radius 1 is 1.29 bits per heavy atom. The molecule has 0 aliphatic carbocycles. The van der Waals surface area contributed by atoms with Crippen LogP contribution in [0, 0.1) is 0 Å². The lowest BCUT2D eigenvalue weighted by Gasteiger charge is -2.35. The van der Waals surface area contributed by atoms with Crippen molar-refractivity contribution in [1.29, 1.82) is 0 Å². The van der Waals surface area contributed by atoms with Crippen LogP contribution < -0.4 is 12.4 Å². The number of carbonyl (C=O) groups excluding carboxylic acids is 1. The smallest absolute Gasteiger partial charge is 1.00 e. The van der Waals surface area contributed by atoms with Gasteiger partial charge in [-0.25, -0.2) is 0 Å². The molecule has 118 valence electrons. The van der Waals surface area contributed by atoms with Crippen molar-refractivity contribution in [3.8, 4) is 0 Å². The summed E-state index contributed by atoms with van der Waals surface area (Å²) in [7, 11) is 3.94. The third-order valence-corrected chi connectivity index (χ3v) is 3.84. The van der Waals surface area contributed by atoms with Crippen molar-refractivity contribution < 1.29 is 28.1 Å². The summed E-state index contributed by atoms with van der Waals surface area (Å²) in [6.07, 6.45) is 1.38. The average molecular weight is 314 g/mol. The molecule has 0 amide bonds. The molecular formula is C16H24ClNO3. The van der Waals surface area contributed by atoms with Gasteiger partial charge in [-0.05, 0) is 32.5 Å². The largest absolute Gasteiger partial charge is 1.00 e. The summed E-state index contributed by atoms with van der Waals surface area (Å²) in [6.45, 7) is 2.39. The van der Waals surface area contributed by atoms with Crippen molar-refractivity contribution in [1.82, 2.24) is 4.90 Å². The van der Waals surface area contributed by atoms with E-state index in [9.17, 15) is 4.79 Å². The number of rotatable bonds is 5. The molecule has 0 atom stereocenters. The monoisotopic (exact) mass is 313 g/mol. The fraction of sp³-hybridized carbons (Fsp3) is 0.562. The van der Waals surface area contributed by atoms with E-state index in [4.69, 9.17) is 9.47 Å². The predicted octanol–water partition coefficient (Wildman–Crippen LogP) is -1.04. The van der Waals surface area contributed by atoms with Crippen LogP contribution in [0.3, 0.4) is 0 Å². The lowest BCUT2D eigenvalue weighted by atomic mass is 9.74. The zero-order valence-corrected chi connectivity index (χ0v) is 13.4. The van der Waals surface area contributed by atoms with E-state index in [-0.39, 0.29) is 19.8 Å². The van der Waals surface area contributed by atoms with Crippen molar-refractivity contribution in [2.75, 3.05) is 40.5 Å². The number of benzene rings is 1. The van der Waals surface area contributed by atoms with Crippen molar-refractivity contribution in [3.05, 3.63) is 35.9 Å². The highest BCUT2D eigenvalue weighted by molar-refractivity contribution is 5.83. The molecule has 1 aliphatic heterocycles. The lowest BCUT2D eigenvalue weighted by Crippen LogP contribution is -3.00. The predicted molar refractivity (Wildman–Crippen MR) is 78.8 cm³/mol. The van der Waals surface area contributed by atoms with Crippen molar-refractivity contribution >= 4 is 5.97 Å². The molecular weight excluding hydrogens is 290 g/mol. The average Bonchev–Trinajstić information content (AvgIpc) is 2.48. The second kappa shape index (κ2) is 8.37. The Morgan fingerprint density at radius 3 is 2.48 bits per heavy atom. The summed E-state index contributed by atoms with van der Waals surface area (Å²) in [5, 5.41) is 0. The van der Waals surface area contributed by atoms with Crippen LogP contribution in [0.4, 0.5) is 0 Å². The summed E-state index contributed by atoms with van der Waals surface area (Å²) in [5.41, 5.74) is 0.504. The van der Waals surface area contributed by atoms with Crippen molar-refractivity contribution in [3.63, 3.8) is 0 Å². The zero-order chi connectivity index (χ0) is 14.4. The van der Waals surface area contributed by atoms with Gasteiger partial charge in [-0.2, -0.15) is 0 Å². The highest BCUT2D eigenvalue weighted by Crippen LogP contribution is 2.36. The maximum Gasteiger partial charge on any atom is 1.00 e. The Hall–Kier alpha value is -1.10. The molecule has 5 heteroatoms. The normalized spacial score (nSPS) is 17.1. The Bertz CT molecular complexity index is 436. The fourth-order valence-electron chi connectivity index (χ4n) is 2.55. The minimum Gasteiger partial charge on any atom is -1.00 e. The van der Waals surface area contributed by atoms with Crippen LogP contribution in [0.25, 0.3) is 0 Å². The molecule has 0 N–H and O–H groups in total. The molecule has 1 saturated heterocycles. The number of nitrogens with zero attached hydrogens (tertiary/aromatic N) is 1. The topological polar surface area (TPSA) is 38.8 Å². The van der Waals surface area contributed by atoms with Gasteiger partial charge in [0.2, 0.25) is 0 Å².